The number of methoxy groups -OCH3 is 1. The molecule has 0 amide bonds. The van der Waals surface area contributed by atoms with Gasteiger partial charge in [-0.2, -0.15) is 4.98 Å². The largest absolute Gasteiger partial charge is 0.383 e. The van der Waals surface area contributed by atoms with Gasteiger partial charge >= 0.3 is 0 Å². The van der Waals surface area contributed by atoms with Crippen LogP contribution in [-0.2, 0) is 11.2 Å². The maximum absolute atomic E-state index is 5.76. The van der Waals surface area contributed by atoms with E-state index in [1.54, 1.807) is 7.11 Å². The van der Waals surface area contributed by atoms with Crippen LogP contribution in [0.25, 0.3) is 0 Å². The second-order valence-corrected chi connectivity index (χ2v) is 3.76. The molecule has 2 rings (SSSR count). The van der Waals surface area contributed by atoms with E-state index in [0.29, 0.717) is 18.3 Å². The third kappa shape index (κ3) is 2.30. The summed E-state index contributed by atoms with van der Waals surface area (Å²) in [6, 6.07) is -0.281. The monoisotopic (exact) mass is 197 g/mol. The Bertz CT molecular complexity index is 296. The summed E-state index contributed by atoms with van der Waals surface area (Å²) in [5.41, 5.74) is 5.76. The van der Waals surface area contributed by atoms with E-state index in [-0.39, 0.29) is 6.04 Å². The molecule has 1 aliphatic rings. The van der Waals surface area contributed by atoms with Gasteiger partial charge in [0.25, 0.3) is 0 Å². The van der Waals surface area contributed by atoms with Crippen molar-refractivity contribution in [1.29, 1.82) is 0 Å². The van der Waals surface area contributed by atoms with Crippen molar-refractivity contribution in [3.8, 4) is 0 Å². The van der Waals surface area contributed by atoms with E-state index >= 15 is 0 Å². The Kier molecular flexibility index (Phi) is 2.79. The minimum Gasteiger partial charge on any atom is -0.383 e. The Labute approximate surface area is 82.6 Å². The molecule has 0 radical (unpaired) electrons. The lowest BCUT2D eigenvalue weighted by Crippen LogP contribution is -2.17. The number of ether oxygens (including phenoxy) is 1. The molecule has 1 saturated carbocycles. The van der Waals surface area contributed by atoms with Gasteiger partial charge in [0.15, 0.2) is 5.82 Å². The minimum absolute atomic E-state index is 0.281. The number of aromatic nitrogens is 2. The molecule has 1 fully saturated rings. The van der Waals surface area contributed by atoms with Crippen molar-refractivity contribution in [2.24, 2.45) is 11.7 Å². The Balaban J connectivity index is 1.93. The molecule has 0 spiro atoms. The van der Waals surface area contributed by atoms with E-state index in [0.717, 1.165) is 12.3 Å². The number of rotatable bonds is 5. The average Bonchev–Trinajstić information content (AvgIpc) is 2.82. The van der Waals surface area contributed by atoms with E-state index in [2.05, 4.69) is 10.1 Å². The Morgan fingerprint density at radius 1 is 1.64 bits per heavy atom. The van der Waals surface area contributed by atoms with E-state index in [9.17, 15) is 0 Å². The van der Waals surface area contributed by atoms with Crippen LogP contribution >= 0.6 is 0 Å². The van der Waals surface area contributed by atoms with Crippen LogP contribution in [-0.4, -0.2) is 23.9 Å². The lowest BCUT2D eigenvalue weighted by Gasteiger charge is -2.03. The molecular formula is C9H15N3O2. The third-order valence-corrected chi connectivity index (χ3v) is 2.32. The molecule has 1 aromatic rings. The Morgan fingerprint density at radius 2 is 2.43 bits per heavy atom. The lowest BCUT2D eigenvalue weighted by atomic mass is 10.3. The van der Waals surface area contributed by atoms with Crippen LogP contribution < -0.4 is 5.73 Å². The van der Waals surface area contributed by atoms with Crippen LogP contribution in [0.2, 0.25) is 0 Å². The lowest BCUT2D eigenvalue weighted by molar-refractivity contribution is 0.177. The standard InChI is InChI=1S/C9H15N3O2/c1-13-5-7(10)9-11-8(14-12-9)4-6-2-3-6/h6-7H,2-5,10H2,1H3. The molecule has 1 heterocycles. The van der Waals surface area contributed by atoms with Crippen LogP contribution in [0.1, 0.15) is 30.6 Å². The van der Waals surface area contributed by atoms with Crippen molar-refractivity contribution in [3.63, 3.8) is 0 Å². The van der Waals surface area contributed by atoms with Crippen molar-refractivity contribution in [2.75, 3.05) is 13.7 Å². The van der Waals surface area contributed by atoms with Crippen molar-refractivity contribution in [1.82, 2.24) is 10.1 Å². The molecule has 78 valence electrons. The van der Waals surface area contributed by atoms with E-state index in [1.165, 1.54) is 12.8 Å². The fourth-order valence-corrected chi connectivity index (χ4v) is 1.32. The van der Waals surface area contributed by atoms with Gasteiger partial charge in [0, 0.05) is 13.5 Å². The van der Waals surface area contributed by atoms with Gasteiger partial charge in [-0.3, -0.25) is 0 Å². The quantitative estimate of drug-likeness (QED) is 0.750. The second kappa shape index (κ2) is 4.06. The SMILES string of the molecule is COCC(N)c1noc(CC2CC2)n1. The Morgan fingerprint density at radius 3 is 3.07 bits per heavy atom. The first-order valence-electron chi connectivity index (χ1n) is 4.86. The van der Waals surface area contributed by atoms with Crippen molar-refractivity contribution in [3.05, 3.63) is 11.7 Å². The number of hydrogen-bond acceptors (Lipinski definition) is 5. The molecule has 5 nitrogen and oxygen atoms in total. The minimum atomic E-state index is -0.281. The highest BCUT2D eigenvalue weighted by molar-refractivity contribution is 4.95. The topological polar surface area (TPSA) is 74.2 Å². The van der Waals surface area contributed by atoms with Crippen molar-refractivity contribution in [2.45, 2.75) is 25.3 Å². The molecule has 0 bridgehead atoms. The van der Waals surface area contributed by atoms with Crippen molar-refractivity contribution < 1.29 is 9.26 Å². The molecule has 2 N–H and O–H groups in total. The molecule has 1 atom stereocenters. The van der Waals surface area contributed by atoms with E-state index in [1.807, 2.05) is 0 Å². The van der Waals surface area contributed by atoms with Gasteiger partial charge in [-0.05, 0) is 18.8 Å². The second-order valence-electron chi connectivity index (χ2n) is 3.76. The zero-order valence-electron chi connectivity index (χ0n) is 8.27. The van der Waals surface area contributed by atoms with Gasteiger partial charge in [0.2, 0.25) is 5.89 Å². The highest BCUT2D eigenvalue weighted by Gasteiger charge is 2.25. The summed E-state index contributed by atoms with van der Waals surface area (Å²) in [6.07, 6.45) is 3.45. The van der Waals surface area contributed by atoms with Gasteiger partial charge in [0.05, 0.1) is 12.6 Å². The summed E-state index contributed by atoms with van der Waals surface area (Å²) in [7, 11) is 1.60. The fraction of sp³-hybridized carbons (Fsp3) is 0.778. The number of hydrogen-bond donors (Lipinski definition) is 1. The van der Waals surface area contributed by atoms with Gasteiger partial charge < -0.3 is 15.0 Å². The number of nitrogens with two attached hydrogens (primary N) is 1. The van der Waals surface area contributed by atoms with Crippen LogP contribution in [0.3, 0.4) is 0 Å². The van der Waals surface area contributed by atoms with Crippen LogP contribution in [0, 0.1) is 5.92 Å². The van der Waals surface area contributed by atoms with Crippen LogP contribution in [0.5, 0.6) is 0 Å². The summed E-state index contributed by atoms with van der Waals surface area (Å²) >= 11 is 0. The van der Waals surface area contributed by atoms with Crippen LogP contribution in [0.4, 0.5) is 0 Å². The molecule has 14 heavy (non-hydrogen) atoms. The maximum Gasteiger partial charge on any atom is 0.226 e. The highest BCUT2D eigenvalue weighted by atomic mass is 16.5. The third-order valence-electron chi connectivity index (χ3n) is 2.32. The van der Waals surface area contributed by atoms with Gasteiger partial charge in [-0.15, -0.1) is 0 Å². The van der Waals surface area contributed by atoms with Crippen LogP contribution in [0.15, 0.2) is 4.52 Å². The van der Waals surface area contributed by atoms with E-state index in [4.69, 9.17) is 15.0 Å². The van der Waals surface area contributed by atoms with Gasteiger partial charge in [-0.25, -0.2) is 0 Å². The molecule has 0 aliphatic heterocycles. The summed E-state index contributed by atoms with van der Waals surface area (Å²) in [5.74, 6) is 2.00. The molecule has 0 aromatic carbocycles. The zero-order chi connectivity index (χ0) is 9.97. The predicted octanol–water partition coefficient (Wildman–Crippen LogP) is 0.668. The average molecular weight is 197 g/mol. The molecule has 5 heteroatoms. The molecule has 0 saturated heterocycles. The van der Waals surface area contributed by atoms with Gasteiger partial charge in [0.1, 0.15) is 0 Å². The Hall–Kier alpha value is -0.940. The fourth-order valence-electron chi connectivity index (χ4n) is 1.32. The molecule has 1 aliphatic carbocycles. The summed E-state index contributed by atoms with van der Waals surface area (Å²) < 4.78 is 10.0. The first-order valence-corrected chi connectivity index (χ1v) is 4.86. The zero-order valence-corrected chi connectivity index (χ0v) is 8.27. The maximum atomic E-state index is 5.76. The molecule has 1 unspecified atom stereocenters. The first-order chi connectivity index (χ1) is 6.79. The normalized spacial score (nSPS) is 18.4. The van der Waals surface area contributed by atoms with Crippen molar-refractivity contribution >= 4 is 0 Å². The summed E-state index contributed by atoms with van der Waals surface area (Å²) in [5, 5.41) is 3.82. The summed E-state index contributed by atoms with van der Waals surface area (Å²) in [6.45, 7) is 0.419. The molecular weight excluding hydrogens is 182 g/mol. The highest BCUT2D eigenvalue weighted by Crippen LogP contribution is 2.32. The molecule has 1 aromatic heterocycles. The summed E-state index contributed by atoms with van der Waals surface area (Å²) in [4.78, 5) is 4.23. The first kappa shape index (κ1) is 9.61. The van der Waals surface area contributed by atoms with E-state index < -0.39 is 0 Å². The smallest absolute Gasteiger partial charge is 0.226 e. The van der Waals surface area contributed by atoms with Gasteiger partial charge in [-0.1, -0.05) is 5.16 Å². The number of nitrogens with zero attached hydrogens (tertiary/aromatic N) is 2. The predicted molar refractivity (Wildman–Crippen MR) is 49.5 cm³/mol.